The van der Waals surface area contributed by atoms with Crippen LogP contribution in [0.25, 0.3) is 0 Å². The maximum atomic E-state index is 13.2. The van der Waals surface area contributed by atoms with Crippen LogP contribution in [0.4, 0.5) is 5.69 Å². The summed E-state index contributed by atoms with van der Waals surface area (Å²) in [5.41, 5.74) is 3.77. The van der Waals surface area contributed by atoms with Gasteiger partial charge in [-0.1, -0.05) is 66.7 Å². The number of hydrogen-bond donors (Lipinski definition) is 1. The van der Waals surface area contributed by atoms with Gasteiger partial charge in [0.1, 0.15) is 0 Å². The van der Waals surface area contributed by atoms with Crippen LogP contribution in [0.15, 0.2) is 69.4 Å². The van der Waals surface area contributed by atoms with Crippen molar-refractivity contribution in [1.29, 1.82) is 0 Å². The number of amides is 1. The molecule has 5 nitrogen and oxygen atoms in total. The van der Waals surface area contributed by atoms with Crippen LogP contribution in [0.3, 0.4) is 0 Å². The topological polar surface area (TPSA) is 64.0 Å². The Morgan fingerprint density at radius 1 is 1.20 bits per heavy atom. The van der Waals surface area contributed by atoms with E-state index in [-0.39, 0.29) is 17.2 Å². The van der Waals surface area contributed by atoms with Crippen LogP contribution in [0.1, 0.15) is 23.7 Å². The summed E-state index contributed by atoms with van der Waals surface area (Å²) in [7, 11) is 0. The van der Waals surface area contributed by atoms with Gasteiger partial charge in [-0.25, -0.2) is 4.98 Å². The van der Waals surface area contributed by atoms with E-state index in [1.54, 1.807) is 16.3 Å². The molecule has 1 aliphatic heterocycles. The zero-order valence-corrected chi connectivity index (χ0v) is 18.6. The van der Waals surface area contributed by atoms with Gasteiger partial charge < -0.3 is 5.32 Å². The molecule has 7 heteroatoms. The van der Waals surface area contributed by atoms with Crippen molar-refractivity contribution in [3.8, 4) is 0 Å². The Bertz CT molecular complexity index is 1110. The van der Waals surface area contributed by atoms with Gasteiger partial charge in [-0.3, -0.25) is 14.2 Å². The van der Waals surface area contributed by atoms with E-state index in [0.717, 1.165) is 33.8 Å². The number of aryl methyl sites for hydroxylation is 1. The molecule has 1 aliphatic rings. The second kappa shape index (κ2) is 9.10. The summed E-state index contributed by atoms with van der Waals surface area (Å²) in [6.45, 7) is 4.55. The van der Waals surface area contributed by atoms with Crippen molar-refractivity contribution in [2.75, 3.05) is 11.1 Å². The maximum absolute atomic E-state index is 13.2. The molecule has 1 atom stereocenters. The van der Waals surface area contributed by atoms with Crippen molar-refractivity contribution >= 4 is 35.1 Å². The van der Waals surface area contributed by atoms with Gasteiger partial charge >= 0.3 is 0 Å². The van der Waals surface area contributed by atoms with Gasteiger partial charge in [-0.15, -0.1) is 11.8 Å². The molecule has 1 N–H and O–H groups in total. The number of anilines is 1. The number of rotatable bonds is 6. The minimum Gasteiger partial charge on any atom is -0.325 e. The molecule has 0 saturated heterocycles. The van der Waals surface area contributed by atoms with Crippen LogP contribution in [0.2, 0.25) is 0 Å². The van der Waals surface area contributed by atoms with Crippen molar-refractivity contribution < 1.29 is 4.79 Å². The van der Waals surface area contributed by atoms with Crippen LogP contribution < -0.4 is 10.9 Å². The number of aromatic nitrogens is 2. The Labute approximate surface area is 184 Å². The molecule has 0 spiro atoms. The average Bonchev–Trinajstić information content (AvgIpc) is 3.12. The van der Waals surface area contributed by atoms with E-state index in [4.69, 9.17) is 4.98 Å². The Hall–Kier alpha value is -2.51. The molecule has 4 rings (SSSR count). The molecule has 30 heavy (non-hydrogen) atoms. The van der Waals surface area contributed by atoms with E-state index in [1.807, 2.05) is 61.5 Å². The SMILES string of the molecule is Cc1ccc(NC(=O)CSc2nc3c(c(=O)n2Cc2ccccc2)S[C@@H](C)C3)cc1. The van der Waals surface area contributed by atoms with Gasteiger partial charge in [0.15, 0.2) is 5.16 Å². The van der Waals surface area contributed by atoms with E-state index in [2.05, 4.69) is 12.2 Å². The molecule has 2 heterocycles. The van der Waals surface area contributed by atoms with E-state index in [0.29, 0.717) is 17.0 Å². The summed E-state index contributed by atoms with van der Waals surface area (Å²) in [6.07, 6.45) is 0.782. The lowest BCUT2D eigenvalue weighted by Crippen LogP contribution is -2.26. The van der Waals surface area contributed by atoms with E-state index in [1.165, 1.54) is 11.8 Å². The molecule has 0 unspecified atom stereocenters. The predicted molar refractivity (Wildman–Crippen MR) is 124 cm³/mol. The first kappa shape index (κ1) is 20.8. The minimum absolute atomic E-state index is 0.0142. The summed E-state index contributed by atoms with van der Waals surface area (Å²) >= 11 is 2.90. The monoisotopic (exact) mass is 437 g/mol. The molecule has 3 aromatic rings. The second-order valence-electron chi connectivity index (χ2n) is 7.38. The summed E-state index contributed by atoms with van der Waals surface area (Å²) in [4.78, 5) is 31.2. The third-order valence-electron chi connectivity index (χ3n) is 4.81. The molecule has 154 valence electrons. The van der Waals surface area contributed by atoms with Crippen LogP contribution >= 0.6 is 23.5 Å². The van der Waals surface area contributed by atoms with Gasteiger partial charge in [0.25, 0.3) is 5.56 Å². The second-order valence-corrected chi connectivity index (χ2v) is 9.77. The Morgan fingerprint density at radius 3 is 2.67 bits per heavy atom. The van der Waals surface area contributed by atoms with Gasteiger partial charge in [0.05, 0.1) is 22.9 Å². The summed E-state index contributed by atoms with van der Waals surface area (Å²) in [5, 5.41) is 3.84. The first-order valence-corrected chi connectivity index (χ1v) is 11.7. The Balaban J connectivity index is 1.56. The fourth-order valence-electron chi connectivity index (χ4n) is 3.31. The van der Waals surface area contributed by atoms with E-state index < -0.39 is 0 Å². The highest BCUT2D eigenvalue weighted by molar-refractivity contribution is 8.00. The zero-order chi connectivity index (χ0) is 21.1. The standard InChI is InChI=1S/C23H23N3O2S2/c1-15-8-10-18(11-9-15)24-20(27)14-29-23-25-19-12-16(2)30-21(19)22(28)26(23)13-17-6-4-3-5-7-17/h3-11,16H,12-14H2,1-2H3,(H,24,27)/t16-/m0/s1. The molecule has 0 saturated carbocycles. The molecule has 1 aromatic heterocycles. The van der Waals surface area contributed by atoms with Gasteiger partial charge in [0.2, 0.25) is 5.91 Å². The summed E-state index contributed by atoms with van der Waals surface area (Å²) in [5.74, 6) is 0.0731. The maximum Gasteiger partial charge on any atom is 0.268 e. The number of thioether (sulfide) groups is 2. The number of nitrogens with zero attached hydrogens (tertiary/aromatic N) is 2. The summed E-state index contributed by atoms with van der Waals surface area (Å²) < 4.78 is 1.70. The number of hydrogen-bond acceptors (Lipinski definition) is 5. The molecule has 0 radical (unpaired) electrons. The smallest absolute Gasteiger partial charge is 0.268 e. The summed E-state index contributed by atoms with van der Waals surface area (Å²) in [6, 6.07) is 17.5. The largest absolute Gasteiger partial charge is 0.325 e. The normalized spacial score (nSPS) is 15.1. The first-order valence-electron chi connectivity index (χ1n) is 9.83. The predicted octanol–water partition coefficient (Wildman–Crippen LogP) is 4.37. The average molecular weight is 438 g/mol. The highest BCUT2D eigenvalue weighted by atomic mass is 32.2. The number of fused-ring (bicyclic) bond motifs is 1. The number of nitrogens with one attached hydrogen (secondary N) is 1. The lowest BCUT2D eigenvalue weighted by molar-refractivity contribution is -0.113. The Morgan fingerprint density at radius 2 is 1.93 bits per heavy atom. The quantitative estimate of drug-likeness (QED) is 0.458. The molecule has 1 amide bonds. The number of benzene rings is 2. The van der Waals surface area contributed by atoms with Crippen LogP contribution in [-0.4, -0.2) is 26.5 Å². The zero-order valence-electron chi connectivity index (χ0n) is 16.9. The van der Waals surface area contributed by atoms with E-state index in [9.17, 15) is 9.59 Å². The lowest BCUT2D eigenvalue weighted by Gasteiger charge is -2.14. The molecule has 0 aliphatic carbocycles. The third kappa shape index (κ3) is 4.79. The van der Waals surface area contributed by atoms with Gasteiger partial charge in [-0.05, 0) is 24.6 Å². The first-order chi connectivity index (χ1) is 14.5. The van der Waals surface area contributed by atoms with Crippen molar-refractivity contribution in [2.45, 2.75) is 42.1 Å². The highest BCUT2D eigenvalue weighted by Crippen LogP contribution is 2.34. The highest BCUT2D eigenvalue weighted by Gasteiger charge is 2.26. The van der Waals surface area contributed by atoms with Crippen LogP contribution in [-0.2, 0) is 17.8 Å². The fourth-order valence-corrected chi connectivity index (χ4v) is 5.24. The molecular weight excluding hydrogens is 414 g/mol. The van der Waals surface area contributed by atoms with Crippen molar-refractivity contribution in [1.82, 2.24) is 9.55 Å². The van der Waals surface area contributed by atoms with E-state index >= 15 is 0 Å². The van der Waals surface area contributed by atoms with Gasteiger partial charge in [-0.2, -0.15) is 0 Å². The van der Waals surface area contributed by atoms with Gasteiger partial charge in [0, 0.05) is 17.4 Å². The van der Waals surface area contributed by atoms with Crippen LogP contribution in [0.5, 0.6) is 0 Å². The minimum atomic E-state index is -0.118. The van der Waals surface area contributed by atoms with Crippen molar-refractivity contribution in [3.05, 3.63) is 81.8 Å². The number of carbonyl (C=O) groups is 1. The Kier molecular flexibility index (Phi) is 6.29. The lowest BCUT2D eigenvalue weighted by atomic mass is 10.2. The van der Waals surface area contributed by atoms with Crippen molar-refractivity contribution in [3.63, 3.8) is 0 Å². The number of carbonyl (C=O) groups excluding carboxylic acids is 1. The molecular formula is C23H23N3O2S2. The molecule has 2 aromatic carbocycles. The van der Waals surface area contributed by atoms with Crippen molar-refractivity contribution in [2.24, 2.45) is 0 Å². The molecule has 0 fully saturated rings. The third-order valence-corrected chi connectivity index (χ3v) is 7.01. The fraction of sp³-hybridized carbons (Fsp3) is 0.261. The molecule has 0 bridgehead atoms. The van der Waals surface area contributed by atoms with Crippen LogP contribution in [0, 0.1) is 6.92 Å².